The maximum atomic E-state index is 10.6. The molecule has 0 aliphatic carbocycles. The average Bonchev–Trinajstić information content (AvgIpc) is 2.36. The van der Waals surface area contributed by atoms with Crippen LogP contribution in [0.3, 0.4) is 0 Å². The summed E-state index contributed by atoms with van der Waals surface area (Å²) in [7, 11) is 1.90. The topological polar surface area (TPSA) is 20.3 Å². The van der Waals surface area contributed by atoms with E-state index in [4.69, 9.17) is 0 Å². The number of benzene rings is 2. The highest BCUT2D eigenvalue weighted by Crippen LogP contribution is 2.22. The van der Waals surface area contributed by atoms with Gasteiger partial charge in [0.25, 0.3) is 0 Å². The summed E-state index contributed by atoms with van der Waals surface area (Å²) in [6.45, 7) is 1.84. The van der Waals surface area contributed by atoms with E-state index in [1.165, 1.54) is 10.8 Å². The van der Waals surface area contributed by atoms with E-state index in [-0.39, 0.29) is 6.04 Å². The van der Waals surface area contributed by atoms with Gasteiger partial charge in [-0.05, 0) is 29.8 Å². The Kier molecular flexibility index (Phi) is 2.91. The van der Waals surface area contributed by atoms with Crippen molar-refractivity contribution in [3.63, 3.8) is 0 Å². The molecule has 2 aromatic rings. The molecule has 2 nitrogen and oxygen atoms in total. The molecule has 2 rings (SSSR count). The Labute approximate surface area is 95.5 Å². The molecule has 0 saturated heterocycles. The molecule has 0 aliphatic heterocycles. The number of hydrogen-bond donors (Lipinski definition) is 0. The third kappa shape index (κ3) is 1.91. The third-order valence-electron chi connectivity index (χ3n) is 2.89. The van der Waals surface area contributed by atoms with Crippen LogP contribution in [0.2, 0.25) is 0 Å². The highest BCUT2D eigenvalue weighted by molar-refractivity contribution is 5.86. The molecule has 16 heavy (non-hydrogen) atoms. The molecule has 2 heteroatoms. The summed E-state index contributed by atoms with van der Waals surface area (Å²) in [4.78, 5) is 12.5. The molecule has 0 amide bonds. The van der Waals surface area contributed by atoms with Crippen LogP contribution in [0, 0.1) is 0 Å². The number of fused-ring (bicyclic) bond motifs is 1. The van der Waals surface area contributed by atoms with Crippen LogP contribution < -0.4 is 4.90 Å². The summed E-state index contributed by atoms with van der Waals surface area (Å²) in [6.07, 6.45) is 1.99. The van der Waals surface area contributed by atoms with E-state index in [0.717, 1.165) is 5.69 Å². The van der Waals surface area contributed by atoms with E-state index >= 15 is 0 Å². The van der Waals surface area contributed by atoms with Gasteiger partial charge in [0, 0.05) is 12.7 Å². The van der Waals surface area contributed by atoms with Crippen LogP contribution in [0.15, 0.2) is 42.5 Å². The van der Waals surface area contributed by atoms with Gasteiger partial charge in [-0.3, -0.25) is 4.79 Å². The molecule has 0 saturated carbocycles. The molecule has 0 fully saturated rings. The lowest BCUT2D eigenvalue weighted by atomic mass is 10.1. The van der Waals surface area contributed by atoms with E-state index in [1.54, 1.807) is 0 Å². The molecular weight excluding hydrogens is 198 g/mol. The largest absolute Gasteiger partial charge is 0.364 e. The van der Waals surface area contributed by atoms with E-state index in [9.17, 15) is 4.79 Å². The van der Waals surface area contributed by atoms with Gasteiger partial charge in [0.15, 0.2) is 0 Å². The smallest absolute Gasteiger partial charge is 0.222 e. The normalized spacial score (nSPS) is 12.4. The van der Waals surface area contributed by atoms with Crippen LogP contribution in [0.4, 0.5) is 5.69 Å². The van der Waals surface area contributed by atoms with Crippen molar-refractivity contribution in [2.45, 2.75) is 13.0 Å². The fourth-order valence-corrected chi connectivity index (χ4v) is 1.70. The number of hydrogen-bond acceptors (Lipinski definition) is 2. The van der Waals surface area contributed by atoms with Crippen molar-refractivity contribution < 1.29 is 4.79 Å². The molecule has 1 atom stereocenters. The first-order valence-corrected chi connectivity index (χ1v) is 5.31. The molecule has 0 aromatic heterocycles. The van der Waals surface area contributed by atoms with E-state index < -0.39 is 0 Å². The Hall–Kier alpha value is -1.83. The summed E-state index contributed by atoms with van der Waals surface area (Å²) in [5.74, 6) is 0. The van der Waals surface area contributed by atoms with E-state index in [2.05, 4.69) is 24.3 Å². The van der Waals surface area contributed by atoms with Crippen molar-refractivity contribution in [3.8, 4) is 0 Å². The number of nitrogens with zero attached hydrogens (tertiary/aromatic N) is 1. The summed E-state index contributed by atoms with van der Waals surface area (Å²) in [5.41, 5.74) is 1.04. The molecule has 0 unspecified atom stereocenters. The SMILES string of the molecule is C[C@@H]([C]=O)N(C)c1ccc2ccccc2c1. The van der Waals surface area contributed by atoms with Crippen LogP contribution in [0.5, 0.6) is 0 Å². The molecule has 0 spiro atoms. The van der Waals surface area contributed by atoms with Crippen LogP contribution >= 0.6 is 0 Å². The second kappa shape index (κ2) is 4.35. The van der Waals surface area contributed by atoms with Gasteiger partial charge in [0.05, 0.1) is 6.04 Å². The van der Waals surface area contributed by atoms with Crippen LogP contribution in [0.25, 0.3) is 10.8 Å². The first-order chi connectivity index (χ1) is 7.72. The van der Waals surface area contributed by atoms with Crippen molar-refractivity contribution in [1.82, 2.24) is 0 Å². The fourth-order valence-electron chi connectivity index (χ4n) is 1.70. The predicted molar refractivity (Wildman–Crippen MR) is 67.5 cm³/mol. The molecule has 1 radical (unpaired) electrons. The van der Waals surface area contributed by atoms with Gasteiger partial charge in [-0.25, -0.2) is 0 Å². The lowest BCUT2D eigenvalue weighted by molar-refractivity contribution is 0.543. The lowest BCUT2D eigenvalue weighted by Gasteiger charge is -2.22. The first kappa shape index (κ1) is 10.7. The lowest BCUT2D eigenvalue weighted by Crippen LogP contribution is -2.29. The fraction of sp³-hybridized carbons (Fsp3) is 0.214. The quantitative estimate of drug-likeness (QED) is 0.779. The van der Waals surface area contributed by atoms with Gasteiger partial charge < -0.3 is 4.90 Å². The van der Waals surface area contributed by atoms with Crippen LogP contribution in [0.1, 0.15) is 6.92 Å². The average molecular weight is 212 g/mol. The van der Waals surface area contributed by atoms with Crippen LogP contribution in [-0.2, 0) is 4.79 Å². The molecule has 0 aliphatic rings. The summed E-state index contributed by atoms with van der Waals surface area (Å²) in [6, 6.07) is 14.1. The zero-order chi connectivity index (χ0) is 11.5. The van der Waals surface area contributed by atoms with Gasteiger partial charge in [-0.15, -0.1) is 0 Å². The van der Waals surface area contributed by atoms with E-state index in [1.807, 2.05) is 43.4 Å². The Morgan fingerprint density at radius 3 is 2.50 bits per heavy atom. The second-order valence-electron chi connectivity index (χ2n) is 3.94. The molecule has 0 bridgehead atoms. The van der Waals surface area contributed by atoms with Gasteiger partial charge in [-0.2, -0.15) is 0 Å². The van der Waals surface area contributed by atoms with Crippen molar-refractivity contribution in [2.75, 3.05) is 11.9 Å². The van der Waals surface area contributed by atoms with Crippen molar-refractivity contribution in [1.29, 1.82) is 0 Å². The summed E-state index contributed by atoms with van der Waals surface area (Å²) < 4.78 is 0. The maximum Gasteiger partial charge on any atom is 0.222 e. The van der Waals surface area contributed by atoms with Gasteiger partial charge >= 0.3 is 0 Å². The Bertz CT molecular complexity index is 507. The first-order valence-electron chi connectivity index (χ1n) is 5.31. The Morgan fingerprint density at radius 1 is 1.12 bits per heavy atom. The predicted octanol–water partition coefficient (Wildman–Crippen LogP) is 2.77. The van der Waals surface area contributed by atoms with Gasteiger partial charge in [0.2, 0.25) is 6.29 Å². The molecule has 81 valence electrons. The molecule has 2 aromatic carbocycles. The number of likely N-dealkylation sites (N-methyl/N-ethyl adjacent to an activating group) is 1. The minimum Gasteiger partial charge on any atom is -0.364 e. The van der Waals surface area contributed by atoms with Crippen molar-refractivity contribution in [2.24, 2.45) is 0 Å². The Morgan fingerprint density at radius 2 is 1.81 bits per heavy atom. The van der Waals surface area contributed by atoms with Gasteiger partial charge in [0.1, 0.15) is 0 Å². The van der Waals surface area contributed by atoms with Crippen molar-refractivity contribution in [3.05, 3.63) is 42.5 Å². The second-order valence-corrected chi connectivity index (χ2v) is 3.94. The maximum absolute atomic E-state index is 10.6. The molecule has 0 heterocycles. The number of rotatable bonds is 3. The highest BCUT2D eigenvalue weighted by atomic mass is 16.1. The number of carbonyl (C=O) groups excluding carboxylic acids is 1. The Balaban J connectivity index is 2.42. The summed E-state index contributed by atoms with van der Waals surface area (Å²) >= 11 is 0. The zero-order valence-corrected chi connectivity index (χ0v) is 9.47. The monoisotopic (exact) mass is 212 g/mol. The zero-order valence-electron chi connectivity index (χ0n) is 9.47. The summed E-state index contributed by atoms with van der Waals surface area (Å²) in [5, 5.41) is 2.40. The number of anilines is 1. The standard InChI is InChI=1S/C14H14NO/c1-11(10-16)15(2)14-8-7-12-5-3-4-6-13(12)9-14/h3-9,11H,1-2H3/t11-/m0/s1. The minimum atomic E-state index is -0.221. The van der Waals surface area contributed by atoms with Crippen molar-refractivity contribution >= 4 is 22.7 Å². The van der Waals surface area contributed by atoms with Gasteiger partial charge in [-0.1, -0.05) is 30.3 Å². The third-order valence-corrected chi connectivity index (χ3v) is 2.89. The van der Waals surface area contributed by atoms with Crippen LogP contribution in [-0.4, -0.2) is 19.4 Å². The highest BCUT2D eigenvalue weighted by Gasteiger charge is 2.09. The molecular formula is C14H14NO. The molecule has 0 N–H and O–H groups in total. The van der Waals surface area contributed by atoms with E-state index in [0.29, 0.717) is 0 Å². The minimum absolute atomic E-state index is 0.221.